The Balaban J connectivity index is 1.17. The first-order chi connectivity index (χ1) is 22.2. The Hall–Kier alpha value is -3.93. The Morgan fingerprint density at radius 3 is 2.76 bits per heavy atom. The molecule has 1 aromatic carbocycles. The van der Waals surface area contributed by atoms with Gasteiger partial charge in [-0.2, -0.15) is 0 Å². The second kappa shape index (κ2) is 13.8. The number of piperidine rings is 1. The summed E-state index contributed by atoms with van der Waals surface area (Å²) < 4.78 is 14.2. The van der Waals surface area contributed by atoms with Crippen LogP contribution in [0.1, 0.15) is 25.0 Å². The number of nitrogens with two attached hydrogens (primary N) is 1. The van der Waals surface area contributed by atoms with Gasteiger partial charge in [0.25, 0.3) is 18.7 Å². The number of carboxylic acids is 1. The molecular weight excluding hydrogens is 676 g/mol. The van der Waals surface area contributed by atoms with Crippen LogP contribution in [-0.4, -0.2) is 75.6 Å². The van der Waals surface area contributed by atoms with Gasteiger partial charge >= 0.3 is 5.97 Å². The van der Waals surface area contributed by atoms with Gasteiger partial charge in [-0.15, -0.1) is 34.4 Å². The molecule has 2 atom stereocenters. The molecule has 0 spiro atoms. The number of β-lactam (4-membered cyclic amide) rings is 1. The van der Waals surface area contributed by atoms with E-state index < -0.39 is 36.1 Å². The molecule has 17 heteroatoms. The highest BCUT2D eigenvalue weighted by Gasteiger charge is 2.54. The van der Waals surface area contributed by atoms with Crippen LogP contribution in [0, 0.1) is 0 Å². The molecule has 5 heterocycles. The third-order valence-corrected chi connectivity index (χ3v) is 11.5. The number of rotatable bonds is 10. The van der Waals surface area contributed by atoms with Gasteiger partial charge in [-0.25, -0.2) is 14.2 Å². The molecule has 6 rings (SSSR count). The van der Waals surface area contributed by atoms with Crippen molar-refractivity contribution in [2.75, 3.05) is 36.3 Å². The third kappa shape index (κ3) is 6.49. The molecule has 3 aliphatic rings. The fourth-order valence-corrected chi connectivity index (χ4v) is 9.26. The average molecular weight is 703 g/mol. The lowest BCUT2D eigenvalue weighted by atomic mass is 10.0. The lowest BCUT2D eigenvalue weighted by Gasteiger charge is -2.49. The molecule has 3 aromatic rings. The molecule has 0 radical (unpaired) electrons. The molecule has 0 aliphatic carbocycles. The number of thiazole rings is 1. The second-order valence-electron chi connectivity index (χ2n) is 10.4. The number of nitrogens with one attached hydrogen (secondary N) is 1. The highest BCUT2D eigenvalue weighted by atomic mass is 32.2. The van der Waals surface area contributed by atoms with Crippen molar-refractivity contribution in [2.24, 2.45) is 5.16 Å². The van der Waals surface area contributed by atoms with E-state index >= 15 is 0 Å². The van der Waals surface area contributed by atoms with E-state index in [0.717, 1.165) is 56.8 Å². The Morgan fingerprint density at radius 1 is 1.24 bits per heavy atom. The van der Waals surface area contributed by atoms with Crippen LogP contribution in [0.15, 0.2) is 66.6 Å². The summed E-state index contributed by atoms with van der Waals surface area (Å²) in [4.78, 5) is 63.1. The molecule has 0 bridgehead atoms. The Labute approximate surface area is 278 Å². The molecule has 2 fully saturated rings. The highest BCUT2D eigenvalue weighted by Crippen LogP contribution is 2.41. The van der Waals surface area contributed by atoms with Crippen LogP contribution in [0.25, 0.3) is 10.1 Å². The predicted molar refractivity (Wildman–Crippen MR) is 179 cm³/mol. The monoisotopic (exact) mass is 702 g/mol. The van der Waals surface area contributed by atoms with Crippen molar-refractivity contribution in [3.8, 4) is 0 Å². The maximum absolute atomic E-state index is 13.1. The van der Waals surface area contributed by atoms with Gasteiger partial charge in [-0.05, 0) is 54.5 Å². The topological polar surface area (TPSA) is 168 Å². The van der Waals surface area contributed by atoms with Gasteiger partial charge in [0.2, 0.25) is 0 Å². The number of benzene rings is 1. The van der Waals surface area contributed by atoms with E-state index in [1.165, 1.54) is 46.7 Å². The van der Waals surface area contributed by atoms with E-state index in [1.807, 2.05) is 12.1 Å². The van der Waals surface area contributed by atoms with E-state index in [-0.39, 0.29) is 33.4 Å². The van der Waals surface area contributed by atoms with E-state index in [9.17, 15) is 28.7 Å². The average Bonchev–Trinajstić information content (AvgIpc) is 3.49. The summed E-state index contributed by atoms with van der Waals surface area (Å²) >= 11 is 5.11. The van der Waals surface area contributed by atoms with Crippen molar-refractivity contribution in [1.29, 1.82) is 0 Å². The molecule has 3 aliphatic heterocycles. The largest absolute Gasteiger partial charge is 0.477 e. The molecule has 1 unspecified atom stereocenters. The molecule has 2 amide bonds. The van der Waals surface area contributed by atoms with Crippen molar-refractivity contribution in [2.45, 2.75) is 34.9 Å². The number of nitrogen functional groups attached to an aromatic ring is 1. The minimum absolute atomic E-state index is 0.0447. The van der Waals surface area contributed by atoms with E-state index in [4.69, 9.17) is 5.73 Å². The zero-order valence-electron chi connectivity index (χ0n) is 24.0. The molecule has 4 N–H and O–H groups in total. The van der Waals surface area contributed by atoms with E-state index in [2.05, 4.69) is 31.3 Å². The zero-order chi connectivity index (χ0) is 32.4. The summed E-state index contributed by atoms with van der Waals surface area (Å²) in [6.07, 6.45) is 5.16. The van der Waals surface area contributed by atoms with Crippen molar-refractivity contribution in [3.05, 3.63) is 68.3 Å². The first kappa shape index (κ1) is 32.0. The number of carbonyl (C=O) groups excluding carboxylic acids is 2. The predicted octanol–water partition coefficient (Wildman–Crippen LogP) is 3.98. The van der Waals surface area contributed by atoms with Crippen molar-refractivity contribution >= 4 is 90.6 Å². The number of aromatic nitrogens is 1. The number of alkyl halides is 1. The van der Waals surface area contributed by atoms with Gasteiger partial charge in [-0.1, -0.05) is 16.9 Å². The summed E-state index contributed by atoms with van der Waals surface area (Å²) in [5, 5.41) is 19.3. The van der Waals surface area contributed by atoms with Crippen molar-refractivity contribution in [1.82, 2.24) is 15.2 Å². The van der Waals surface area contributed by atoms with Crippen LogP contribution in [0.2, 0.25) is 0 Å². The first-order valence-corrected chi connectivity index (χ1v) is 17.7. The van der Waals surface area contributed by atoms with Gasteiger partial charge in [0.1, 0.15) is 22.8 Å². The summed E-state index contributed by atoms with van der Waals surface area (Å²) in [5.74, 6) is -2.51. The molecule has 2 aromatic heterocycles. The number of carboxylic acid groups (broad SMARTS) is 1. The molecule has 0 saturated carbocycles. The molecule has 12 nitrogen and oxygen atoms in total. The fraction of sp³-hybridized carbons (Fsp3) is 0.310. The molecule has 46 heavy (non-hydrogen) atoms. The van der Waals surface area contributed by atoms with E-state index in [0.29, 0.717) is 11.0 Å². The lowest BCUT2D eigenvalue weighted by molar-refractivity contribution is -0.150. The summed E-state index contributed by atoms with van der Waals surface area (Å²) in [5.41, 5.74) is 6.56. The number of aliphatic carboxylic acids is 1. The van der Waals surface area contributed by atoms with Crippen LogP contribution in [0.5, 0.6) is 0 Å². The highest BCUT2D eigenvalue weighted by molar-refractivity contribution is 8.04. The molecule has 2 saturated heterocycles. The van der Waals surface area contributed by atoms with Gasteiger partial charge in [0.05, 0.1) is 4.21 Å². The SMILES string of the molecule is Nc1nc(/C(=N/OCF)C(=O)NC2C(=O)N3C(C(=O)O)=C(/C=C/Sc4cc(=O)c5ccc(N6CCCCC6)cc5s4)CS[C@H]23)cs1. The minimum Gasteiger partial charge on any atom is -0.477 e. The zero-order valence-corrected chi connectivity index (χ0v) is 27.3. The quantitative estimate of drug-likeness (QED) is 0.121. The number of anilines is 2. The Kier molecular flexibility index (Phi) is 9.62. The number of fused-ring (bicyclic) bond motifs is 2. The van der Waals surface area contributed by atoms with Crippen LogP contribution in [-0.2, 0) is 19.2 Å². The fourth-order valence-electron chi connectivity index (χ4n) is 5.38. The number of hydrogen-bond donors (Lipinski definition) is 3. The van der Waals surface area contributed by atoms with Gasteiger partial charge in [0.15, 0.2) is 16.3 Å². The number of thioether (sulfide) groups is 2. The second-order valence-corrected chi connectivity index (χ2v) is 14.7. The standard InChI is InChI=1S/C29H27FN6O6S4/c30-14-42-34-22(18-13-45-29(31)32-18)25(38)33-23-26(39)36-24(28(40)41)15(12-44-27(23)36)6-9-43-21-11-19(37)17-5-4-16(10-20(17)46-21)35-7-2-1-3-8-35/h4-6,9-11,13,23,27H,1-3,7-8,12,14H2,(H2,31,32)(H,33,38)(H,40,41)/b9-6+,34-22-/t23?,27-/m1/s1. The first-order valence-electron chi connectivity index (χ1n) is 14.1. The Bertz CT molecular complexity index is 1850. The van der Waals surface area contributed by atoms with Gasteiger partial charge in [0, 0.05) is 46.1 Å². The third-order valence-electron chi connectivity index (χ3n) is 7.54. The molecule has 240 valence electrons. The number of allylic oxidation sites excluding steroid dienone is 1. The van der Waals surface area contributed by atoms with Crippen LogP contribution >= 0.6 is 46.2 Å². The maximum atomic E-state index is 13.1. The summed E-state index contributed by atoms with van der Waals surface area (Å²) in [7, 11) is 0. The lowest BCUT2D eigenvalue weighted by Crippen LogP contribution is -2.71. The van der Waals surface area contributed by atoms with Gasteiger partial charge in [-0.3, -0.25) is 19.3 Å². The van der Waals surface area contributed by atoms with E-state index in [1.54, 1.807) is 17.6 Å². The van der Waals surface area contributed by atoms with Crippen molar-refractivity contribution < 1.29 is 28.7 Å². The number of amides is 2. The summed E-state index contributed by atoms with van der Waals surface area (Å²) in [6, 6.07) is 6.46. The van der Waals surface area contributed by atoms with Crippen LogP contribution < -0.4 is 21.4 Å². The number of nitrogens with zero attached hydrogens (tertiary/aromatic N) is 4. The smallest absolute Gasteiger partial charge is 0.352 e. The summed E-state index contributed by atoms with van der Waals surface area (Å²) in [6.45, 7) is 0.708. The molecular formula is C29H27FN6O6S4. The number of carbonyl (C=O) groups is 3. The number of halogens is 1. The maximum Gasteiger partial charge on any atom is 0.352 e. The minimum atomic E-state index is -1.29. The van der Waals surface area contributed by atoms with Crippen LogP contribution in [0.3, 0.4) is 0 Å². The number of oxime groups is 1. The number of hydrogen-bond acceptors (Lipinski definition) is 13. The Morgan fingerprint density at radius 2 is 2.04 bits per heavy atom. The van der Waals surface area contributed by atoms with Gasteiger partial charge < -0.3 is 25.9 Å². The van der Waals surface area contributed by atoms with Crippen molar-refractivity contribution in [3.63, 3.8) is 0 Å². The van der Waals surface area contributed by atoms with Crippen LogP contribution in [0.4, 0.5) is 15.2 Å². The normalized spacial score (nSPS) is 20.2.